The topological polar surface area (TPSA) is 70.4 Å². The first-order valence-corrected chi connectivity index (χ1v) is 8.31. The molecule has 0 aliphatic carbocycles. The van der Waals surface area contributed by atoms with Gasteiger partial charge in [0, 0.05) is 7.05 Å². The lowest BCUT2D eigenvalue weighted by atomic mass is 10.0. The van der Waals surface area contributed by atoms with Crippen LogP contribution in [0.4, 0.5) is 0 Å². The van der Waals surface area contributed by atoms with Crippen molar-refractivity contribution in [1.82, 2.24) is 4.90 Å². The molecule has 0 saturated heterocycles. The quantitative estimate of drug-likeness (QED) is 0.750. The fraction of sp³-hybridized carbons (Fsp3) is 0.286. The lowest BCUT2D eigenvalue weighted by molar-refractivity contribution is -0.152. The molecule has 26 heavy (non-hydrogen) atoms. The Bertz CT molecular complexity index is 805. The molecule has 0 heterocycles. The molecule has 5 nitrogen and oxygen atoms in total. The normalized spacial score (nSPS) is 10.7. The number of nitrogens with zero attached hydrogens (tertiary/aromatic N) is 2. The molecule has 0 bridgehead atoms. The Morgan fingerprint density at radius 3 is 2.19 bits per heavy atom. The van der Waals surface area contributed by atoms with Crippen LogP contribution in [0.15, 0.2) is 54.6 Å². The summed E-state index contributed by atoms with van der Waals surface area (Å²) in [6.07, 6.45) is 0.0910. The van der Waals surface area contributed by atoms with E-state index >= 15 is 0 Å². The molecule has 0 spiro atoms. The van der Waals surface area contributed by atoms with Crippen LogP contribution in [0.1, 0.15) is 19.4 Å². The van der Waals surface area contributed by atoms with Gasteiger partial charge in [-0.05, 0) is 30.5 Å². The van der Waals surface area contributed by atoms with Crippen LogP contribution in [0, 0.1) is 11.3 Å². The predicted octanol–water partition coefficient (Wildman–Crippen LogP) is 3.20. The molecule has 2 aromatic rings. The zero-order chi connectivity index (χ0) is 19.2. The number of rotatable bonds is 6. The Balaban J connectivity index is 1.88. The third kappa shape index (κ3) is 4.93. The van der Waals surface area contributed by atoms with Gasteiger partial charge in [-0.2, -0.15) is 5.26 Å². The monoisotopic (exact) mass is 350 g/mol. The average molecular weight is 350 g/mol. The molecule has 0 atom stereocenters. The van der Waals surface area contributed by atoms with Crippen LogP contribution >= 0.6 is 0 Å². The van der Waals surface area contributed by atoms with Gasteiger partial charge in [-0.3, -0.25) is 9.59 Å². The lowest BCUT2D eigenvalue weighted by Gasteiger charge is -2.28. The van der Waals surface area contributed by atoms with Gasteiger partial charge in [0.05, 0.1) is 12.5 Å². The van der Waals surface area contributed by atoms with Crippen molar-refractivity contribution in [2.45, 2.75) is 25.8 Å². The Morgan fingerprint density at radius 2 is 1.62 bits per heavy atom. The van der Waals surface area contributed by atoms with Gasteiger partial charge in [0.15, 0.2) is 6.61 Å². The predicted molar refractivity (Wildman–Crippen MR) is 99.0 cm³/mol. The molecule has 2 aromatic carbocycles. The van der Waals surface area contributed by atoms with Crippen LogP contribution in [-0.4, -0.2) is 36.0 Å². The van der Waals surface area contributed by atoms with E-state index in [2.05, 4.69) is 0 Å². The van der Waals surface area contributed by atoms with E-state index in [-0.39, 0.29) is 13.0 Å². The van der Waals surface area contributed by atoms with Crippen molar-refractivity contribution in [2.75, 3.05) is 13.7 Å². The van der Waals surface area contributed by atoms with Gasteiger partial charge in [-0.25, -0.2) is 0 Å². The van der Waals surface area contributed by atoms with Gasteiger partial charge in [0.1, 0.15) is 5.54 Å². The highest BCUT2D eigenvalue weighted by molar-refractivity contribution is 5.82. The minimum atomic E-state index is -0.948. The van der Waals surface area contributed by atoms with Gasteiger partial charge in [0.2, 0.25) is 0 Å². The van der Waals surface area contributed by atoms with Crippen molar-refractivity contribution in [2.24, 2.45) is 0 Å². The molecule has 1 amide bonds. The molecule has 2 rings (SSSR count). The zero-order valence-corrected chi connectivity index (χ0v) is 15.2. The number of carbonyl (C=O) groups excluding carboxylic acids is 2. The lowest BCUT2D eigenvalue weighted by Crippen LogP contribution is -2.45. The van der Waals surface area contributed by atoms with Gasteiger partial charge in [-0.1, -0.05) is 54.6 Å². The second-order valence-corrected chi connectivity index (χ2v) is 6.52. The van der Waals surface area contributed by atoms with Crippen molar-refractivity contribution >= 4 is 11.9 Å². The summed E-state index contributed by atoms with van der Waals surface area (Å²) < 4.78 is 5.04. The maximum atomic E-state index is 12.0. The summed E-state index contributed by atoms with van der Waals surface area (Å²) in [7, 11) is 1.52. The third-order valence-electron chi connectivity index (χ3n) is 4.25. The molecular formula is C21H22N2O3. The van der Waals surface area contributed by atoms with E-state index in [0.29, 0.717) is 0 Å². The molecule has 0 aliphatic rings. The molecule has 5 heteroatoms. The second-order valence-electron chi connectivity index (χ2n) is 6.52. The smallest absolute Gasteiger partial charge is 0.310 e. The number of ether oxygens (including phenoxy) is 1. The summed E-state index contributed by atoms with van der Waals surface area (Å²) in [5, 5.41) is 9.04. The van der Waals surface area contributed by atoms with E-state index < -0.39 is 17.4 Å². The standard InChI is InChI=1S/C21H22N2O3/c1-21(2,15-22)23(3)19(24)14-26-20(25)13-16-9-11-18(12-10-16)17-7-5-4-6-8-17/h4-12H,13-14H2,1-3H3. The summed E-state index contributed by atoms with van der Waals surface area (Å²) in [5.41, 5.74) is 2.04. The number of esters is 1. The molecular weight excluding hydrogens is 328 g/mol. The number of hydrogen-bond donors (Lipinski definition) is 0. The van der Waals surface area contributed by atoms with Gasteiger partial charge >= 0.3 is 5.97 Å². The summed E-state index contributed by atoms with van der Waals surface area (Å²) in [6.45, 7) is 2.88. The maximum absolute atomic E-state index is 12.0. The molecule has 134 valence electrons. The van der Waals surface area contributed by atoms with Crippen LogP contribution in [0.2, 0.25) is 0 Å². The highest BCUT2D eigenvalue weighted by Crippen LogP contribution is 2.19. The molecule has 0 aromatic heterocycles. The van der Waals surface area contributed by atoms with Gasteiger partial charge in [-0.15, -0.1) is 0 Å². The van der Waals surface area contributed by atoms with E-state index in [1.165, 1.54) is 11.9 Å². The fourth-order valence-electron chi connectivity index (χ4n) is 2.29. The Hall–Kier alpha value is -3.13. The number of carbonyl (C=O) groups is 2. The van der Waals surface area contributed by atoms with E-state index in [1.807, 2.05) is 60.7 Å². The molecule has 0 aliphatic heterocycles. The molecule has 0 N–H and O–H groups in total. The van der Waals surface area contributed by atoms with Crippen LogP contribution in [0.3, 0.4) is 0 Å². The Labute approximate surface area is 153 Å². The number of hydrogen-bond acceptors (Lipinski definition) is 4. The molecule has 0 fully saturated rings. The Kier molecular flexibility index (Phi) is 6.13. The molecule has 0 saturated carbocycles. The SMILES string of the molecule is CN(C(=O)COC(=O)Cc1ccc(-c2ccccc2)cc1)C(C)(C)C#N. The number of amides is 1. The maximum Gasteiger partial charge on any atom is 0.310 e. The second kappa shape index (κ2) is 8.30. The minimum Gasteiger partial charge on any atom is -0.455 e. The van der Waals surface area contributed by atoms with Crippen molar-refractivity contribution < 1.29 is 14.3 Å². The van der Waals surface area contributed by atoms with Crippen molar-refractivity contribution in [1.29, 1.82) is 5.26 Å². The van der Waals surface area contributed by atoms with Crippen molar-refractivity contribution in [3.05, 3.63) is 60.2 Å². The average Bonchev–Trinajstić information content (AvgIpc) is 2.66. The van der Waals surface area contributed by atoms with Gasteiger partial charge < -0.3 is 9.64 Å². The zero-order valence-electron chi connectivity index (χ0n) is 15.2. The summed E-state index contributed by atoms with van der Waals surface area (Å²) >= 11 is 0. The summed E-state index contributed by atoms with van der Waals surface area (Å²) in [6, 6.07) is 19.6. The van der Waals surface area contributed by atoms with Crippen LogP contribution in [0.25, 0.3) is 11.1 Å². The van der Waals surface area contributed by atoms with Crippen molar-refractivity contribution in [3.8, 4) is 17.2 Å². The highest BCUT2D eigenvalue weighted by Gasteiger charge is 2.27. The number of likely N-dealkylation sites (N-methyl/N-ethyl adjacent to an activating group) is 1. The van der Waals surface area contributed by atoms with E-state index in [4.69, 9.17) is 10.00 Å². The first-order chi connectivity index (χ1) is 12.3. The number of nitriles is 1. The van der Waals surface area contributed by atoms with Crippen molar-refractivity contribution in [3.63, 3.8) is 0 Å². The first kappa shape index (κ1) is 19.2. The third-order valence-corrected chi connectivity index (χ3v) is 4.25. The summed E-state index contributed by atoms with van der Waals surface area (Å²) in [5.74, 6) is -0.890. The van der Waals surface area contributed by atoms with Gasteiger partial charge in [0.25, 0.3) is 5.91 Å². The molecule has 0 radical (unpaired) electrons. The van der Waals surface area contributed by atoms with E-state index in [0.717, 1.165) is 16.7 Å². The Morgan fingerprint density at radius 1 is 1.04 bits per heavy atom. The summed E-state index contributed by atoms with van der Waals surface area (Å²) in [4.78, 5) is 25.2. The van der Waals surface area contributed by atoms with E-state index in [1.54, 1.807) is 13.8 Å². The molecule has 0 unspecified atom stereocenters. The van der Waals surface area contributed by atoms with E-state index in [9.17, 15) is 9.59 Å². The largest absolute Gasteiger partial charge is 0.455 e. The van der Waals surface area contributed by atoms with Crippen LogP contribution < -0.4 is 0 Å². The van der Waals surface area contributed by atoms with Crippen LogP contribution in [-0.2, 0) is 20.7 Å². The fourth-order valence-corrected chi connectivity index (χ4v) is 2.29. The number of benzene rings is 2. The highest BCUT2D eigenvalue weighted by atomic mass is 16.5. The minimum absolute atomic E-state index is 0.0910. The van der Waals surface area contributed by atoms with Crippen LogP contribution in [0.5, 0.6) is 0 Å². The first-order valence-electron chi connectivity index (χ1n) is 8.31.